The van der Waals surface area contributed by atoms with Crippen LogP contribution >= 0.6 is 22.9 Å². The number of nitrogens with one attached hydrogen (secondary N) is 2. The van der Waals surface area contributed by atoms with Crippen molar-refractivity contribution in [3.8, 4) is 11.3 Å². The van der Waals surface area contributed by atoms with Gasteiger partial charge < -0.3 is 10.2 Å². The summed E-state index contributed by atoms with van der Waals surface area (Å²) in [6.45, 7) is 3.00. The second-order valence-electron chi connectivity index (χ2n) is 5.54. The molecule has 0 aliphatic rings. The molecule has 2 aromatic heterocycles. The van der Waals surface area contributed by atoms with E-state index in [0.717, 1.165) is 10.4 Å². The predicted octanol–water partition coefficient (Wildman–Crippen LogP) is 4.21. The van der Waals surface area contributed by atoms with Crippen LogP contribution in [0.5, 0.6) is 0 Å². The van der Waals surface area contributed by atoms with Crippen LogP contribution in [-0.2, 0) is 6.54 Å². The maximum atomic E-state index is 12.6. The summed E-state index contributed by atoms with van der Waals surface area (Å²) in [5.41, 5.74) is 1.82. The molecule has 0 atom stereocenters. The Morgan fingerprint density at radius 3 is 2.77 bits per heavy atom. The molecule has 6 nitrogen and oxygen atoms in total. The smallest absolute Gasteiger partial charge is 0.320 e. The van der Waals surface area contributed by atoms with Gasteiger partial charge in [-0.05, 0) is 37.3 Å². The molecule has 2 amide bonds. The summed E-state index contributed by atoms with van der Waals surface area (Å²) in [6, 6.07) is 13.9. The molecule has 0 aliphatic carbocycles. The first-order valence-electron chi connectivity index (χ1n) is 8.01. The molecule has 3 aromatic rings. The summed E-state index contributed by atoms with van der Waals surface area (Å²) in [5, 5.41) is 9.31. The highest BCUT2D eigenvalue weighted by atomic mass is 35.5. The van der Waals surface area contributed by atoms with Crippen LogP contribution in [-0.4, -0.2) is 27.7 Å². The van der Waals surface area contributed by atoms with E-state index in [9.17, 15) is 9.59 Å². The van der Waals surface area contributed by atoms with Gasteiger partial charge in [0.05, 0.1) is 16.6 Å². The highest BCUT2D eigenvalue weighted by Gasteiger charge is 2.14. The van der Waals surface area contributed by atoms with Crippen molar-refractivity contribution in [1.82, 2.24) is 15.1 Å². The van der Waals surface area contributed by atoms with Crippen LogP contribution in [0.25, 0.3) is 11.3 Å². The van der Waals surface area contributed by atoms with Crippen molar-refractivity contribution >= 4 is 34.7 Å². The zero-order chi connectivity index (χ0) is 18.5. The van der Waals surface area contributed by atoms with Crippen LogP contribution in [0.2, 0.25) is 4.34 Å². The van der Waals surface area contributed by atoms with Gasteiger partial charge in [-0.2, -0.15) is 5.10 Å². The average molecular weight is 389 g/mol. The Bertz CT molecular complexity index is 949. The molecule has 0 aliphatic heterocycles. The zero-order valence-corrected chi connectivity index (χ0v) is 15.6. The standard InChI is InChI=1S/C18H17ClN4O2S/c1-2-23(11-14-6-8-16(19)26-14)18(25)20-13-5-3-4-12(10-13)15-7-9-17(24)22-21-15/h3-10H,2,11H2,1H3,(H,20,25)(H,22,24). The molecule has 1 aromatic carbocycles. The van der Waals surface area contributed by atoms with Crippen LogP contribution < -0.4 is 10.9 Å². The monoisotopic (exact) mass is 388 g/mol. The summed E-state index contributed by atoms with van der Waals surface area (Å²) in [5.74, 6) is 0. The molecule has 26 heavy (non-hydrogen) atoms. The van der Waals surface area contributed by atoms with Crippen molar-refractivity contribution in [2.45, 2.75) is 13.5 Å². The number of amides is 2. The Morgan fingerprint density at radius 2 is 2.12 bits per heavy atom. The second kappa shape index (κ2) is 8.16. The van der Waals surface area contributed by atoms with Crippen LogP contribution in [0.15, 0.2) is 53.3 Å². The number of rotatable bonds is 5. The van der Waals surface area contributed by atoms with E-state index < -0.39 is 0 Å². The van der Waals surface area contributed by atoms with Gasteiger partial charge in [-0.3, -0.25) is 4.79 Å². The van der Waals surface area contributed by atoms with Gasteiger partial charge in [0.1, 0.15) is 0 Å². The molecular weight excluding hydrogens is 372 g/mol. The van der Waals surface area contributed by atoms with Gasteiger partial charge in [0, 0.05) is 28.7 Å². The third-order valence-electron chi connectivity index (χ3n) is 3.73. The molecule has 2 heterocycles. The minimum Gasteiger partial charge on any atom is -0.320 e. The lowest BCUT2D eigenvalue weighted by Crippen LogP contribution is -2.34. The van der Waals surface area contributed by atoms with Gasteiger partial charge in [-0.1, -0.05) is 23.7 Å². The number of thiophene rings is 1. The fourth-order valence-electron chi connectivity index (χ4n) is 2.42. The molecule has 0 spiro atoms. The van der Waals surface area contributed by atoms with Gasteiger partial charge in [0.2, 0.25) is 0 Å². The van der Waals surface area contributed by atoms with E-state index in [1.54, 1.807) is 11.0 Å². The number of halogens is 1. The minimum atomic E-state index is -0.259. The van der Waals surface area contributed by atoms with Gasteiger partial charge in [-0.25, -0.2) is 9.89 Å². The molecule has 0 bridgehead atoms. The van der Waals surface area contributed by atoms with Crippen LogP contribution in [0, 0.1) is 0 Å². The van der Waals surface area contributed by atoms with Crippen molar-refractivity contribution < 1.29 is 4.79 Å². The number of benzene rings is 1. The molecular formula is C18H17ClN4O2S. The molecule has 0 saturated carbocycles. The van der Waals surface area contributed by atoms with E-state index >= 15 is 0 Å². The SMILES string of the molecule is CCN(Cc1ccc(Cl)s1)C(=O)Nc1cccc(-c2ccc(=O)[nH]n2)c1. The topological polar surface area (TPSA) is 78.1 Å². The van der Waals surface area contributed by atoms with Crippen molar-refractivity contribution in [1.29, 1.82) is 0 Å². The molecule has 2 N–H and O–H groups in total. The lowest BCUT2D eigenvalue weighted by molar-refractivity contribution is 0.212. The lowest BCUT2D eigenvalue weighted by atomic mass is 10.1. The first kappa shape index (κ1) is 18.2. The summed E-state index contributed by atoms with van der Waals surface area (Å²) >= 11 is 7.42. The maximum absolute atomic E-state index is 12.6. The van der Waals surface area contributed by atoms with Crippen LogP contribution in [0.1, 0.15) is 11.8 Å². The van der Waals surface area contributed by atoms with Gasteiger partial charge >= 0.3 is 6.03 Å². The fourth-order valence-corrected chi connectivity index (χ4v) is 3.52. The number of anilines is 1. The van der Waals surface area contributed by atoms with Crippen molar-refractivity contribution in [3.63, 3.8) is 0 Å². The summed E-state index contributed by atoms with van der Waals surface area (Å²) in [6.07, 6.45) is 0. The number of urea groups is 1. The van der Waals surface area contributed by atoms with Crippen LogP contribution in [0.3, 0.4) is 0 Å². The van der Waals surface area contributed by atoms with Gasteiger partial charge in [-0.15, -0.1) is 11.3 Å². The third-order valence-corrected chi connectivity index (χ3v) is 4.95. The van der Waals surface area contributed by atoms with E-state index in [-0.39, 0.29) is 11.6 Å². The number of hydrogen-bond donors (Lipinski definition) is 2. The zero-order valence-electron chi connectivity index (χ0n) is 14.0. The average Bonchev–Trinajstić information content (AvgIpc) is 3.05. The number of carbonyl (C=O) groups is 1. The molecule has 0 saturated heterocycles. The van der Waals surface area contributed by atoms with Crippen molar-refractivity contribution in [3.05, 3.63) is 68.1 Å². The van der Waals surface area contributed by atoms with E-state index in [0.29, 0.717) is 28.8 Å². The number of nitrogens with zero attached hydrogens (tertiary/aromatic N) is 2. The van der Waals surface area contributed by atoms with Crippen molar-refractivity contribution in [2.24, 2.45) is 0 Å². The lowest BCUT2D eigenvalue weighted by Gasteiger charge is -2.21. The Kier molecular flexibility index (Phi) is 5.70. The molecule has 8 heteroatoms. The van der Waals surface area contributed by atoms with E-state index in [4.69, 9.17) is 11.6 Å². The molecule has 134 valence electrons. The Balaban J connectivity index is 1.72. The summed E-state index contributed by atoms with van der Waals surface area (Å²) in [7, 11) is 0. The van der Waals surface area contributed by atoms with E-state index in [1.807, 2.05) is 43.3 Å². The molecule has 0 unspecified atom stereocenters. The van der Waals surface area contributed by atoms with E-state index in [1.165, 1.54) is 17.4 Å². The Morgan fingerprint density at radius 1 is 1.27 bits per heavy atom. The van der Waals surface area contributed by atoms with Gasteiger partial charge in [0.15, 0.2) is 0 Å². The van der Waals surface area contributed by atoms with Crippen LogP contribution in [0.4, 0.5) is 10.5 Å². The first-order chi connectivity index (χ1) is 12.5. The van der Waals surface area contributed by atoms with Crippen molar-refractivity contribution in [2.75, 3.05) is 11.9 Å². The third kappa shape index (κ3) is 4.50. The number of aromatic amines is 1. The first-order valence-corrected chi connectivity index (χ1v) is 9.21. The summed E-state index contributed by atoms with van der Waals surface area (Å²) < 4.78 is 0.706. The van der Waals surface area contributed by atoms with Gasteiger partial charge in [0.25, 0.3) is 5.56 Å². The number of aromatic nitrogens is 2. The normalized spacial score (nSPS) is 10.5. The predicted molar refractivity (Wildman–Crippen MR) is 105 cm³/mol. The Hall–Kier alpha value is -2.64. The fraction of sp³-hybridized carbons (Fsp3) is 0.167. The van der Waals surface area contributed by atoms with E-state index in [2.05, 4.69) is 15.5 Å². The maximum Gasteiger partial charge on any atom is 0.322 e. The molecule has 0 fully saturated rings. The highest BCUT2D eigenvalue weighted by Crippen LogP contribution is 2.23. The number of hydrogen-bond acceptors (Lipinski definition) is 4. The largest absolute Gasteiger partial charge is 0.322 e. The summed E-state index contributed by atoms with van der Waals surface area (Å²) in [4.78, 5) is 26.4. The Labute approximate surface area is 159 Å². The second-order valence-corrected chi connectivity index (χ2v) is 7.34. The quantitative estimate of drug-likeness (QED) is 0.687. The highest BCUT2D eigenvalue weighted by molar-refractivity contribution is 7.16. The number of H-pyrrole nitrogens is 1. The molecule has 0 radical (unpaired) electrons. The molecule has 3 rings (SSSR count). The number of carbonyl (C=O) groups excluding carboxylic acids is 1. The minimum absolute atomic E-state index is 0.191.